The van der Waals surface area contributed by atoms with Gasteiger partial charge in [-0.15, -0.1) is 0 Å². The Balaban J connectivity index is 3.10. The minimum Gasteiger partial charge on any atom is -0.459 e. The third kappa shape index (κ3) is 17.2. The summed E-state index contributed by atoms with van der Waals surface area (Å²) in [6.45, 7) is 28.0. The molecule has 10 heteroatoms. The van der Waals surface area contributed by atoms with Gasteiger partial charge in [0.2, 0.25) is 0 Å². The minimum atomic E-state index is -0.582. The molecule has 1 heterocycles. The molecule has 0 bridgehead atoms. The lowest BCUT2D eigenvalue weighted by Gasteiger charge is -2.35. The number of nitrogens with zero attached hydrogens (tertiary/aromatic N) is 4. The van der Waals surface area contributed by atoms with Crippen LogP contribution in [-0.2, 0) is 28.6 Å². The van der Waals surface area contributed by atoms with Gasteiger partial charge in [0.1, 0.15) is 16.8 Å². The van der Waals surface area contributed by atoms with Gasteiger partial charge in [0.05, 0.1) is 19.6 Å². The number of allylic oxidation sites excluding steroid dienone is 1. The van der Waals surface area contributed by atoms with Crippen molar-refractivity contribution < 1.29 is 28.6 Å². The highest BCUT2D eigenvalue weighted by Crippen LogP contribution is 2.12. The smallest absolute Gasteiger partial charge is 0.320 e. The molecule has 39 heavy (non-hydrogen) atoms. The fourth-order valence-electron chi connectivity index (χ4n) is 4.06. The molecule has 0 aliphatic carbocycles. The van der Waals surface area contributed by atoms with Gasteiger partial charge < -0.3 is 19.1 Å². The van der Waals surface area contributed by atoms with Crippen LogP contribution in [0.3, 0.4) is 0 Å². The highest BCUT2D eigenvalue weighted by atomic mass is 16.6. The summed E-state index contributed by atoms with van der Waals surface area (Å²) >= 11 is 0. The van der Waals surface area contributed by atoms with Gasteiger partial charge in [0, 0.05) is 58.1 Å². The van der Waals surface area contributed by atoms with Crippen molar-refractivity contribution in [2.24, 2.45) is 0 Å². The Kier molecular flexibility index (Phi) is 13.4. The summed E-state index contributed by atoms with van der Waals surface area (Å²) in [4.78, 5) is 46.3. The van der Waals surface area contributed by atoms with Crippen molar-refractivity contribution in [1.29, 1.82) is 0 Å². The monoisotopic (exact) mass is 554 g/mol. The average molecular weight is 555 g/mol. The molecule has 0 saturated carbocycles. The number of carbonyl (C=O) groups is 3. The number of rotatable bonds is 7. The van der Waals surface area contributed by atoms with Crippen molar-refractivity contribution in [1.82, 2.24) is 19.6 Å². The maximum atomic E-state index is 12.7. The van der Waals surface area contributed by atoms with E-state index in [2.05, 4.69) is 21.3 Å². The summed E-state index contributed by atoms with van der Waals surface area (Å²) in [7, 11) is 0. The molecular formula is C29H54N4O6. The van der Waals surface area contributed by atoms with Crippen molar-refractivity contribution in [3.05, 3.63) is 12.3 Å². The van der Waals surface area contributed by atoms with Crippen LogP contribution < -0.4 is 0 Å². The van der Waals surface area contributed by atoms with Gasteiger partial charge in [-0.3, -0.25) is 29.1 Å². The SMILES string of the molecule is C=C(C)N1CCN(CC(=O)OC(C)(C)C)CCN(CC(=O)OC(C)(C)C)CCN(CC(=O)OC(C)(C)C)CC1. The molecule has 0 aromatic rings. The topological polar surface area (TPSA) is 91.9 Å². The van der Waals surface area contributed by atoms with E-state index in [9.17, 15) is 14.4 Å². The van der Waals surface area contributed by atoms with Crippen molar-refractivity contribution in [2.75, 3.05) is 72.0 Å². The average Bonchev–Trinajstić information content (AvgIpc) is 2.69. The molecule has 10 nitrogen and oxygen atoms in total. The van der Waals surface area contributed by atoms with E-state index in [4.69, 9.17) is 14.2 Å². The molecule has 1 fully saturated rings. The van der Waals surface area contributed by atoms with Crippen LogP contribution in [0.15, 0.2) is 12.3 Å². The van der Waals surface area contributed by atoms with Gasteiger partial charge in [-0.05, 0) is 69.2 Å². The standard InChI is InChI=1S/C29H54N4O6/c1-23(2)33-18-16-31(21-25(35)38-28(6,7)8)14-12-30(20-24(34)37-27(3,4)5)13-15-32(17-19-33)22-26(36)39-29(9,10)11/h1,12-22H2,2-11H3. The molecule has 0 radical (unpaired) electrons. The summed E-state index contributed by atoms with van der Waals surface area (Å²) < 4.78 is 16.7. The summed E-state index contributed by atoms with van der Waals surface area (Å²) in [5, 5.41) is 0. The lowest BCUT2D eigenvalue weighted by Crippen LogP contribution is -2.49. The first-order valence-corrected chi connectivity index (χ1v) is 14.0. The van der Waals surface area contributed by atoms with Crippen LogP contribution in [0.25, 0.3) is 0 Å². The predicted octanol–water partition coefficient (Wildman–Crippen LogP) is 2.77. The van der Waals surface area contributed by atoms with Gasteiger partial charge in [0.15, 0.2) is 0 Å². The first-order chi connectivity index (χ1) is 17.7. The summed E-state index contributed by atoms with van der Waals surface area (Å²) in [6.07, 6.45) is 0. The molecule has 1 aliphatic heterocycles. The molecule has 1 aliphatic rings. The number of carbonyl (C=O) groups excluding carboxylic acids is 3. The van der Waals surface area contributed by atoms with E-state index in [1.165, 1.54) is 0 Å². The molecular weight excluding hydrogens is 500 g/mol. The Labute approximate surface area is 236 Å². The first-order valence-electron chi connectivity index (χ1n) is 14.0. The zero-order chi connectivity index (χ0) is 30.0. The molecule has 0 spiro atoms. The quantitative estimate of drug-likeness (QED) is 0.346. The van der Waals surface area contributed by atoms with E-state index in [1.807, 2.05) is 74.1 Å². The van der Waals surface area contributed by atoms with E-state index in [0.717, 1.165) is 5.70 Å². The van der Waals surface area contributed by atoms with Crippen molar-refractivity contribution in [3.63, 3.8) is 0 Å². The van der Waals surface area contributed by atoms with Gasteiger partial charge in [0.25, 0.3) is 0 Å². The van der Waals surface area contributed by atoms with Crippen LogP contribution in [0.2, 0.25) is 0 Å². The molecule has 226 valence electrons. The first kappa shape index (κ1) is 34.9. The molecule has 0 N–H and O–H groups in total. The van der Waals surface area contributed by atoms with Crippen molar-refractivity contribution in [3.8, 4) is 0 Å². The summed E-state index contributed by atoms with van der Waals surface area (Å²) in [5.41, 5.74) is -0.782. The largest absolute Gasteiger partial charge is 0.459 e. The Morgan fingerprint density at radius 3 is 0.974 bits per heavy atom. The van der Waals surface area contributed by atoms with E-state index >= 15 is 0 Å². The second kappa shape index (κ2) is 15.0. The molecule has 0 unspecified atom stereocenters. The van der Waals surface area contributed by atoms with Crippen molar-refractivity contribution >= 4 is 17.9 Å². The second-order valence-corrected chi connectivity index (χ2v) is 13.3. The fraction of sp³-hybridized carbons (Fsp3) is 0.828. The third-order valence-corrected chi connectivity index (χ3v) is 5.70. The lowest BCUT2D eigenvalue weighted by atomic mass is 10.2. The molecule has 0 atom stereocenters. The van der Waals surface area contributed by atoms with Gasteiger partial charge in [-0.1, -0.05) is 6.58 Å². The van der Waals surface area contributed by atoms with Crippen LogP contribution in [0.1, 0.15) is 69.2 Å². The zero-order valence-corrected chi connectivity index (χ0v) is 26.2. The molecule has 1 saturated heterocycles. The number of esters is 3. The Morgan fingerprint density at radius 1 is 0.538 bits per heavy atom. The number of hydrogen-bond acceptors (Lipinski definition) is 10. The molecule has 0 aromatic heterocycles. The van der Waals surface area contributed by atoms with Crippen LogP contribution in [0.5, 0.6) is 0 Å². The normalized spacial score (nSPS) is 18.1. The predicted molar refractivity (Wildman–Crippen MR) is 153 cm³/mol. The van der Waals surface area contributed by atoms with Crippen LogP contribution in [0, 0.1) is 0 Å². The minimum absolute atomic E-state index is 0.121. The fourth-order valence-corrected chi connectivity index (χ4v) is 4.06. The number of ether oxygens (including phenoxy) is 3. The highest BCUT2D eigenvalue weighted by molar-refractivity contribution is 5.73. The van der Waals surface area contributed by atoms with Crippen LogP contribution in [0.4, 0.5) is 0 Å². The van der Waals surface area contributed by atoms with E-state index in [-0.39, 0.29) is 37.5 Å². The molecule has 0 amide bonds. The highest BCUT2D eigenvalue weighted by Gasteiger charge is 2.25. The van der Waals surface area contributed by atoms with Crippen LogP contribution >= 0.6 is 0 Å². The summed E-state index contributed by atoms with van der Waals surface area (Å²) in [6, 6.07) is 0. The zero-order valence-electron chi connectivity index (χ0n) is 26.2. The maximum absolute atomic E-state index is 12.7. The Morgan fingerprint density at radius 2 is 0.769 bits per heavy atom. The Bertz CT molecular complexity index is 779. The van der Waals surface area contributed by atoms with Gasteiger partial charge >= 0.3 is 17.9 Å². The van der Waals surface area contributed by atoms with E-state index in [1.54, 1.807) is 0 Å². The number of hydrogen-bond donors (Lipinski definition) is 0. The van der Waals surface area contributed by atoms with Gasteiger partial charge in [-0.2, -0.15) is 0 Å². The maximum Gasteiger partial charge on any atom is 0.320 e. The third-order valence-electron chi connectivity index (χ3n) is 5.70. The van der Waals surface area contributed by atoms with Crippen molar-refractivity contribution in [2.45, 2.75) is 86.0 Å². The Hall–Kier alpha value is -2.17. The molecule has 0 aromatic carbocycles. The second-order valence-electron chi connectivity index (χ2n) is 13.3. The molecule has 1 rings (SSSR count). The van der Waals surface area contributed by atoms with Gasteiger partial charge in [-0.25, -0.2) is 0 Å². The van der Waals surface area contributed by atoms with E-state index < -0.39 is 16.8 Å². The lowest BCUT2D eigenvalue weighted by molar-refractivity contribution is -0.158. The summed E-state index contributed by atoms with van der Waals surface area (Å²) in [5.74, 6) is -0.863. The van der Waals surface area contributed by atoms with E-state index in [0.29, 0.717) is 52.4 Å². The van der Waals surface area contributed by atoms with Crippen LogP contribution in [-0.4, -0.2) is 126 Å².